The second-order valence-corrected chi connectivity index (χ2v) is 9.86. The summed E-state index contributed by atoms with van der Waals surface area (Å²) in [7, 11) is 3.12. The molecule has 192 valence electrons. The van der Waals surface area contributed by atoms with Gasteiger partial charge in [0.1, 0.15) is 11.4 Å². The fourth-order valence-electron chi connectivity index (χ4n) is 4.56. The molecule has 1 amide bonds. The summed E-state index contributed by atoms with van der Waals surface area (Å²) in [5.74, 6) is -4.84. The number of hydrogen-bond acceptors (Lipinski definition) is 6. The van der Waals surface area contributed by atoms with E-state index in [0.29, 0.717) is 33.5 Å². The van der Waals surface area contributed by atoms with Crippen LogP contribution in [-0.4, -0.2) is 41.0 Å². The molecule has 0 spiro atoms. The molecule has 0 bridgehead atoms. The van der Waals surface area contributed by atoms with Gasteiger partial charge >= 0.3 is 5.92 Å². The minimum Gasteiger partial charge on any atom is -0.384 e. The van der Waals surface area contributed by atoms with E-state index in [1.54, 1.807) is 33.9 Å². The molecule has 10 heteroatoms. The van der Waals surface area contributed by atoms with E-state index < -0.39 is 34.5 Å². The van der Waals surface area contributed by atoms with Crippen LogP contribution >= 0.6 is 0 Å². The molecule has 0 radical (unpaired) electrons. The van der Waals surface area contributed by atoms with Crippen molar-refractivity contribution in [2.75, 3.05) is 24.4 Å². The zero-order chi connectivity index (χ0) is 26.8. The first-order chi connectivity index (χ1) is 16.6. The normalized spacial score (nSPS) is 19.1. The van der Waals surface area contributed by atoms with E-state index in [2.05, 4.69) is 15.5 Å². The van der Waals surface area contributed by atoms with Crippen molar-refractivity contribution in [2.45, 2.75) is 57.8 Å². The molecule has 2 N–H and O–H groups in total. The van der Waals surface area contributed by atoms with Crippen LogP contribution in [0.5, 0.6) is 0 Å². The van der Waals surface area contributed by atoms with Crippen molar-refractivity contribution in [3.8, 4) is 0 Å². The third-order valence-corrected chi connectivity index (χ3v) is 7.03. The van der Waals surface area contributed by atoms with E-state index in [4.69, 9.17) is 4.74 Å². The van der Waals surface area contributed by atoms with Crippen LogP contribution in [0.3, 0.4) is 0 Å². The fourth-order valence-corrected chi connectivity index (χ4v) is 4.56. The lowest BCUT2D eigenvalue weighted by Gasteiger charge is -2.30. The molecule has 2 unspecified atom stereocenters. The van der Waals surface area contributed by atoms with Gasteiger partial charge in [-0.3, -0.25) is 4.79 Å². The van der Waals surface area contributed by atoms with Crippen LogP contribution in [-0.2, 0) is 21.1 Å². The molecule has 2 atom stereocenters. The Kier molecular flexibility index (Phi) is 6.04. The van der Waals surface area contributed by atoms with Gasteiger partial charge in [-0.2, -0.15) is 13.9 Å². The summed E-state index contributed by atoms with van der Waals surface area (Å²) in [6, 6.07) is 6.53. The second-order valence-electron chi connectivity index (χ2n) is 9.86. The summed E-state index contributed by atoms with van der Waals surface area (Å²) < 4.78 is 50.4. The van der Waals surface area contributed by atoms with Crippen molar-refractivity contribution < 1.29 is 27.8 Å². The van der Waals surface area contributed by atoms with Gasteiger partial charge in [0.15, 0.2) is 11.4 Å². The largest absolute Gasteiger partial charge is 0.384 e. The van der Waals surface area contributed by atoms with E-state index in [1.165, 1.54) is 24.1 Å². The first kappa shape index (κ1) is 25.8. The quantitative estimate of drug-likeness (QED) is 0.496. The molecule has 7 nitrogen and oxygen atoms in total. The number of ether oxygens (including phenoxy) is 1. The summed E-state index contributed by atoms with van der Waals surface area (Å²) in [5, 5.41) is 22.8. The lowest BCUT2D eigenvalue weighted by atomic mass is 9.91. The van der Waals surface area contributed by atoms with Gasteiger partial charge in [0.2, 0.25) is 0 Å². The van der Waals surface area contributed by atoms with Gasteiger partial charge in [0.25, 0.3) is 5.91 Å². The standard InChI is InChI=1S/C26H29F3N4O3/c1-13(15-9-8-10-18(21(15)27)26(28,29)24(3,4)35)30-22-17-12-20-19(11-16(17)14(2)31-32-22)25(5,36-7)23(34)33(20)6/h8-13,35H,1-7H3,(H,30,32). The van der Waals surface area contributed by atoms with Crippen LogP contribution in [0, 0.1) is 12.7 Å². The number of methoxy groups -OCH3 is 1. The Balaban J connectivity index is 1.79. The SMILES string of the molecule is COC1(C)C(=O)N(C)c2cc3c(NC(C)c4cccc(C(F)(F)C(C)(C)O)c4F)nnc(C)c3cc21. The third-order valence-electron chi connectivity index (χ3n) is 7.03. The van der Waals surface area contributed by atoms with Crippen molar-refractivity contribution in [1.29, 1.82) is 0 Å². The van der Waals surface area contributed by atoms with E-state index in [1.807, 2.05) is 6.07 Å². The summed E-state index contributed by atoms with van der Waals surface area (Å²) in [6.45, 7) is 6.96. The van der Waals surface area contributed by atoms with Gasteiger partial charge in [0.05, 0.1) is 23.0 Å². The number of carbonyl (C=O) groups is 1. The van der Waals surface area contributed by atoms with Gasteiger partial charge in [-0.05, 0) is 52.8 Å². The first-order valence-electron chi connectivity index (χ1n) is 11.5. The molecule has 4 rings (SSSR count). The van der Waals surface area contributed by atoms with Crippen molar-refractivity contribution in [3.63, 3.8) is 0 Å². The second kappa shape index (κ2) is 8.41. The number of aryl methyl sites for hydroxylation is 1. The molecule has 0 aliphatic carbocycles. The van der Waals surface area contributed by atoms with Crippen molar-refractivity contribution >= 4 is 28.2 Å². The average Bonchev–Trinajstić information content (AvgIpc) is 3.00. The average molecular weight is 503 g/mol. The topological polar surface area (TPSA) is 87.6 Å². The Morgan fingerprint density at radius 3 is 2.47 bits per heavy atom. The van der Waals surface area contributed by atoms with E-state index in [9.17, 15) is 18.7 Å². The first-order valence-corrected chi connectivity index (χ1v) is 11.5. The highest BCUT2D eigenvalue weighted by Gasteiger charge is 2.49. The smallest absolute Gasteiger partial charge is 0.303 e. The maximum atomic E-state index is 15.3. The molecule has 1 aliphatic heterocycles. The number of anilines is 2. The number of carbonyl (C=O) groups excluding carboxylic acids is 1. The molecule has 0 fully saturated rings. The zero-order valence-corrected chi connectivity index (χ0v) is 21.2. The van der Waals surface area contributed by atoms with Crippen molar-refractivity contribution in [3.05, 3.63) is 58.5 Å². The maximum Gasteiger partial charge on any atom is 0.303 e. The van der Waals surface area contributed by atoms with E-state index >= 15 is 4.39 Å². The Labute approximate surface area is 207 Å². The summed E-state index contributed by atoms with van der Waals surface area (Å²) >= 11 is 0. The Bertz CT molecular complexity index is 1370. The number of amides is 1. The number of aromatic nitrogens is 2. The Morgan fingerprint density at radius 2 is 1.86 bits per heavy atom. The number of fused-ring (bicyclic) bond motifs is 2. The molecular weight excluding hydrogens is 473 g/mol. The monoisotopic (exact) mass is 502 g/mol. The van der Waals surface area contributed by atoms with E-state index in [0.717, 1.165) is 19.9 Å². The third kappa shape index (κ3) is 3.70. The highest BCUT2D eigenvalue weighted by atomic mass is 19.3. The van der Waals surface area contributed by atoms with Crippen molar-refractivity contribution in [2.24, 2.45) is 0 Å². The minimum atomic E-state index is -3.81. The highest BCUT2D eigenvalue weighted by Crippen LogP contribution is 2.45. The number of nitrogens with zero attached hydrogens (tertiary/aromatic N) is 3. The number of nitrogens with one attached hydrogen (secondary N) is 1. The van der Waals surface area contributed by atoms with Crippen LogP contribution < -0.4 is 10.2 Å². The van der Waals surface area contributed by atoms with Crippen molar-refractivity contribution in [1.82, 2.24) is 10.2 Å². The number of likely N-dealkylation sites (N-methyl/N-ethyl adjacent to an activating group) is 1. The summed E-state index contributed by atoms with van der Waals surface area (Å²) in [6.07, 6.45) is 0. The fraction of sp³-hybridized carbons (Fsp3) is 0.423. The summed E-state index contributed by atoms with van der Waals surface area (Å²) in [5.41, 5.74) is -2.58. The molecule has 3 aromatic rings. The van der Waals surface area contributed by atoms with Crippen LogP contribution in [0.4, 0.5) is 24.7 Å². The molecule has 36 heavy (non-hydrogen) atoms. The predicted octanol–water partition coefficient (Wildman–Crippen LogP) is 4.95. The van der Waals surface area contributed by atoms with Gasteiger partial charge in [-0.1, -0.05) is 12.1 Å². The molecular formula is C26H29F3N4O3. The maximum absolute atomic E-state index is 15.3. The molecule has 1 aliphatic rings. The van der Waals surface area contributed by atoms with Crippen LogP contribution in [0.15, 0.2) is 30.3 Å². The molecule has 2 aromatic carbocycles. The number of hydrogen-bond donors (Lipinski definition) is 2. The number of aliphatic hydroxyl groups is 1. The van der Waals surface area contributed by atoms with Crippen LogP contribution in [0.25, 0.3) is 10.8 Å². The van der Waals surface area contributed by atoms with Gasteiger partial charge in [0, 0.05) is 36.1 Å². The van der Waals surface area contributed by atoms with Gasteiger partial charge in [-0.25, -0.2) is 4.39 Å². The predicted molar refractivity (Wildman–Crippen MR) is 131 cm³/mol. The van der Waals surface area contributed by atoms with Gasteiger partial charge < -0.3 is 20.1 Å². The number of alkyl halides is 2. The molecule has 2 heterocycles. The van der Waals surface area contributed by atoms with E-state index in [-0.39, 0.29) is 11.5 Å². The number of rotatable bonds is 6. The highest BCUT2D eigenvalue weighted by molar-refractivity contribution is 6.10. The lowest BCUT2D eigenvalue weighted by Crippen LogP contribution is -2.41. The molecule has 0 saturated carbocycles. The Morgan fingerprint density at radius 1 is 1.19 bits per heavy atom. The zero-order valence-electron chi connectivity index (χ0n) is 21.2. The molecule has 1 aromatic heterocycles. The number of benzene rings is 2. The lowest BCUT2D eigenvalue weighted by molar-refractivity contribution is -0.170. The minimum absolute atomic E-state index is 0.0210. The summed E-state index contributed by atoms with van der Waals surface area (Å²) in [4.78, 5) is 14.4. The van der Waals surface area contributed by atoms with Crippen LogP contribution in [0.1, 0.15) is 56.1 Å². The molecule has 0 saturated heterocycles. The van der Waals surface area contributed by atoms with Gasteiger partial charge in [-0.15, -0.1) is 5.10 Å². The number of halogens is 3. The van der Waals surface area contributed by atoms with Crippen LogP contribution in [0.2, 0.25) is 0 Å². The Hall–Kier alpha value is -3.24.